The summed E-state index contributed by atoms with van der Waals surface area (Å²) in [5.74, 6) is 0. The summed E-state index contributed by atoms with van der Waals surface area (Å²) >= 11 is 1.27. The molecule has 0 aliphatic heterocycles. The molecule has 5 nitrogen and oxygen atoms in total. The first-order chi connectivity index (χ1) is 16.3. The minimum atomic E-state index is -4.67. The first-order valence-electron chi connectivity index (χ1n) is 14.2. The zero-order chi connectivity index (χ0) is 26.2. The summed E-state index contributed by atoms with van der Waals surface area (Å²) in [6, 6.07) is 0. The van der Waals surface area contributed by atoms with E-state index in [1.807, 2.05) is 6.08 Å². The molecular weight excluding hydrogens is 459 g/mol. The molecule has 7 heteroatoms. The molecule has 0 spiro atoms. The Kier molecular flexibility index (Phi) is 41.1. The molecule has 0 aliphatic rings. The molecule has 0 unspecified atom stereocenters. The van der Waals surface area contributed by atoms with Gasteiger partial charge in [0.2, 0.25) is 0 Å². The van der Waals surface area contributed by atoms with Crippen molar-refractivity contribution in [1.29, 1.82) is 0 Å². The molecule has 0 saturated heterocycles. The van der Waals surface area contributed by atoms with Crippen molar-refractivity contribution in [3.63, 3.8) is 0 Å². The minimum Gasteiger partial charge on any atom is -0.381 e. The van der Waals surface area contributed by atoms with E-state index in [1.165, 1.54) is 160 Å². The van der Waals surface area contributed by atoms with E-state index in [0.29, 0.717) is 0 Å². The van der Waals surface area contributed by atoms with Crippen molar-refractivity contribution in [2.75, 3.05) is 13.2 Å². The van der Waals surface area contributed by atoms with Gasteiger partial charge in [-0.05, 0) is 12.8 Å². The Bertz CT molecular complexity index is 428. The molecular formula is C27H57NaO5S. The van der Waals surface area contributed by atoms with Gasteiger partial charge >= 0.3 is 54.7 Å². The van der Waals surface area contributed by atoms with Crippen molar-refractivity contribution in [1.82, 2.24) is 0 Å². The molecule has 0 aliphatic carbocycles. The van der Waals surface area contributed by atoms with Crippen LogP contribution in [0.1, 0.15) is 142 Å². The summed E-state index contributed by atoms with van der Waals surface area (Å²) in [6.45, 7) is 10.1. The molecule has 0 bridgehead atoms. The maximum absolute atomic E-state index is 8.74. The van der Waals surface area contributed by atoms with Gasteiger partial charge in [0.05, 0.1) is 0 Å². The van der Waals surface area contributed by atoms with Gasteiger partial charge in [-0.2, -0.15) is 8.42 Å². The van der Waals surface area contributed by atoms with Crippen molar-refractivity contribution in [3.8, 4) is 0 Å². The molecule has 0 saturated carbocycles. The van der Waals surface area contributed by atoms with E-state index in [1.54, 1.807) is 0 Å². The molecule has 0 atom stereocenters. The predicted molar refractivity (Wildman–Crippen MR) is 149 cm³/mol. The minimum absolute atomic E-state index is 0.994. The number of unbranched alkanes of at least 4 members (excludes halogenated alkanes) is 18. The Morgan fingerprint density at radius 2 is 0.824 bits per heavy atom. The average molecular weight is 517 g/mol. The number of hydrogen-bond acceptors (Lipinski definition) is 3. The van der Waals surface area contributed by atoms with E-state index in [-0.39, 0.29) is 0 Å². The van der Waals surface area contributed by atoms with Crippen molar-refractivity contribution in [2.45, 2.75) is 146 Å². The van der Waals surface area contributed by atoms with E-state index in [4.69, 9.17) is 22.3 Å². The number of hydrogen-bond donors (Lipinski definition) is 2. The zero-order valence-electron chi connectivity index (χ0n) is 23.1. The van der Waals surface area contributed by atoms with Crippen LogP contribution in [0.5, 0.6) is 0 Å². The smallest absolute Gasteiger partial charge is 0.381 e. The fraction of sp³-hybridized carbons (Fsp3) is 0.926. The van der Waals surface area contributed by atoms with Crippen LogP contribution in [-0.2, 0) is 15.1 Å². The average Bonchev–Trinajstić information content (AvgIpc) is 2.79. The first-order valence-corrected chi connectivity index (χ1v) is 17.0. The molecule has 202 valence electrons. The van der Waals surface area contributed by atoms with E-state index in [0.717, 1.165) is 13.2 Å². The standard InChI is InChI=1S/C24H50O.C3H5.Na.H2O4S/c1-3-5-7-9-11-13-15-17-19-21-23-25-24-22-20-18-16-14-12-10-8-6-4-2;1-3-2;;1-5(2,3)4/h3-24H2,1-2H3;3H,1-2H2;;(H2,1,2,3,4). The second-order valence-corrected chi connectivity index (χ2v) is 10.8. The van der Waals surface area contributed by atoms with Gasteiger partial charge in [-0.15, -0.1) is 0 Å². The van der Waals surface area contributed by atoms with Gasteiger partial charge in [-0.3, -0.25) is 9.11 Å². The Balaban J connectivity index is -0.000000900. The maximum Gasteiger partial charge on any atom is 0.394 e. The molecule has 0 rings (SSSR count). The summed E-state index contributed by atoms with van der Waals surface area (Å²) in [5.41, 5.74) is 0. The molecule has 0 amide bonds. The van der Waals surface area contributed by atoms with Gasteiger partial charge in [0.25, 0.3) is 0 Å². The van der Waals surface area contributed by atoms with Gasteiger partial charge in [-0.25, -0.2) is 0 Å². The van der Waals surface area contributed by atoms with E-state index >= 15 is 0 Å². The third-order valence-corrected chi connectivity index (χ3v) is 6.15. The van der Waals surface area contributed by atoms with Crippen LogP contribution < -0.4 is 0 Å². The number of allylic oxidation sites excluding steroid dienone is 1. The number of rotatable bonds is 23. The van der Waals surface area contributed by atoms with Crippen LogP contribution in [0.25, 0.3) is 0 Å². The van der Waals surface area contributed by atoms with Crippen molar-refractivity contribution >= 4 is 38.3 Å². The van der Waals surface area contributed by atoms with Crippen LogP contribution in [0.4, 0.5) is 0 Å². The first kappa shape index (κ1) is 39.1. The largest absolute Gasteiger partial charge is 0.394 e. The topological polar surface area (TPSA) is 83.8 Å². The molecule has 0 aromatic heterocycles. The Labute approximate surface area is 231 Å². The Morgan fingerprint density at radius 1 is 0.618 bits per heavy atom. The number of ether oxygens (including phenoxy) is 1. The Morgan fingerprint density at radius 3 is 1.03 bits per heavy atom. The predicted octanol–water partition coefficient (Wildman–Crippen LogP) is 8.95. The van der Waals surface area contributed by atoms with Crippen LogP contribution in [0.3, 0.4) is 0 Å². The molecule has 0 radical (unpaired) electrons. The molecule has 2 N–H and O–H groups in total. The van der Waals surface area contributed by atoms with Gasteiger partial charge in [0.15, 0.2) is 0 Å². The zero-order valence-corrected chi connectivity index (χ0v) is 25.9. The second kappa shape index (κ2) is 35.7. The summed E-state index contributed by atoms with van der Waals surface area (Å²) in [5, 5.41) is 0. The van der Waals surface area contributed by atoms with Gasteiger partial charge in [0.1, 0.15) is 0 Å². The monoisotopic (exact) mass is 516 g/mol. The van der Waals surface area contributed by atoms with E-state index < -0.39 is 10.4 Å². The third kappa shape index (κ3) is 58.4. The van der Waals surface area contributed by atoms with Crippen LogP contribution in [0.15, 0.2) is 12.7 Å². The van der Waals surface area contributed by atoms with Crippen molar-refractivity contribution in [2.24, 2.45) is 0 Å². The maximum atomic E-state index is 8.74. The van der Waals surface area contributed by atoms with Gasteiger partial charge < -0.3 is 4.74 Å². The normalized spacial score (nSPS) is 10.8. The fourth-order valence-electron chi connectivity index (χ4n) is 3.49. The summed E-state index contributed by atoms with van der Waals surface area (Å²) in [6.07, 6.45) is 30.1. The van der Waals surface area contributed by atoms with E-state index in [2.05, 4.69) is 20.4 Å². The van der Waals surface area contributed by atoms with Gasteiger partial charge in [0, 0.05) is 13.2 Å². The fourth-order valence-corrected chi connectivity index (χ4v) is 3.49. The van der Waals surface area contributed by atoms with Gasteiger partial charge in [-0.1, -0.05) is 129 Å². The van der Waals surface area contributed by atoms with Crippen LogP contribution >= 0.6 is 0 Å². The quantitative estimate of drug-likeness (QED) is 0.0613. The summed E-state index contributed by atoms with van der Waals surface area (Å²) in [4.78, 5) is 0. The summed E-state index contributed by atoms with van der Waals surface area (Å²) < 4.78 is 38.6. The SMILES string of the molecule is C=C[CH2][Na].CCCCCCCCCCCCOCCCCCCCCCCCC.O=S(=O)(O)O. The molecule has 0 aromatic carbocycles. The van der Waals surface area contributed by atoms with Crippen LogP contribution in [0.2, 0.25) is 3.67 Å². The molecule has 34 heavy (non-hydrogen) atoms. The second-order valence-electron chi connectivity index (χ2n) is 9.12. The third-order valence-electron chi connectivity index (χ3n) is 5.57. The van der Waals surface area contributed by atoms with Crippen molar-refractivity contribution in [3.05, 3.63) is 12.7 Å². The van der Waals surface area contributed by atoms with Crippen LogP contribution in [-0.4, -0.2) is 58.7 Å². The molecule has 0 heterocycles. The molecule has 0 aromatic rings. The molecule has 0 fully saturated rings. The summed E-state index contributed by atoms with van der Waals surface area (Å²) in [7, 11) is -4.67. The van der Waals surface area contributed by atoms with E-state index in [9.17, 15) is 0 Å². The van der Waals surface area contributed by atoms with Crippen LogP contribution in [0, 0.1) is 0 Å². The van der Waals surface area contributed by atoms with Crippen molar-refractivity contribution < 1.29 is 22.3 Å². The Hall–Kier alpha value is 0.570.